The number of halogens is 2. The Morgan fingerprint density at radius 3 is 2.84 bits per heavy atom. The number of nitrogens with one attached hydrogen (secondary N) is 1. The molecule has 11 heteroatoms. The van der Waals surface area contributed by atoms with Gasteiger partial charge in [0, 0.05) is 36.8 Å². The van der Waals surface area contributed by atoms with Gasteiger partial charge in [-0.1, -0.05) is 31.4 Å². The Hall–Kier alpha value is -1.17. The molecule has 1 aromatic heterocycles. The molecule has 0 spiro atoms. The van der Waals surface area contributed by atoms with Crippen LogP contribution in [0.1, 0.15) is 18.9 Å². The molecule has 0 radical (unpaired) electrons. The maximum Gasteiger partial charge on any atom is 0.416 e. The number of hydrogen-bond donors (Lipinski definition) is 1. The van der Waals surface area contributed by atoms with Crippen LogP contribution >= 0.6 is 27.7 Å². The highest BCUT2D eigenvalue weighted by atomic mass is 79.9. The summed E-state index contributed by atoms with van der Waals surface area (Å²) in [4.78, 5) is 21.3. The lowest BCUT2D eigenvalue weighted by atomic mass is 9.87. The zero-order valence-corrected chi connectivity index (χ0v) is 21.9. The molecule has 31 heavy (non-hydrogen) atoms. The first-order valence-electron chi connectivity index (χ1n) is 10.1. The van der Waals surface area contributed by atoms with Gasteiger partial charge in [-0.25, -0.2) is 19.2 Å². The summed E-state index contributed by atoms with van der Waals surface area (Å²) in [6, 6.07) is 2.88. The lowest BCUT2D eigenvalue weighted by Crippen LogP contribution is -2.37. The average molecular weight is 535 g/mol. The number of carbonyl (C=O) groups is 1. The minimum Gasteiger partial charge on any atom is -0.481 e. The number of methoxy groups -OCH3 is 1. The summed E-state index contributed by atoms with van der Waals surface area (Å²) in [6.07, 6.45) is 1.59. The van der Waals surface area contributed by atoms with E-state index in [9.17, 15) is 9.18 Å². The van der Waals surface area contributed by atoms with Gasteiger partial charge in [0.05, 0.1) is 17.4 Å². The molecule has 0 aromatic carbocycles. The van der Waals surface area contributed by atoms with Gasteiger partial charge < -0.3 is 14.2 Å². The monoisotopic (exact) mass is 533 g/mol. The zero-order valence-electron chi connectivity index (χ0n) is 18.5. The molecule has 2 aliphatic rings. The minimum atomic E-state index is -1.19. The number of pyridine rings is 1. The number of nitrogens with zero attached hydrogens (tertiary/aromatic N) is 2. The molecule has 1 aliphatic carbocycles. The number of carbonyl (C=O) groups excluding carboxylic acids is 1. The van der Waals surface area contributed by atoms with E-state index in [1.54, 1.807) is 6.20 Å². The maximum atomic E-state index is 14.0. The Balaban J connectivity index is 1.72. The molecule has 172 valence electrons. The third-order valence-corrected chi connectivity index (χ3v) is 9.05. The van der Waals surface area contributed by atoms with Crippen LogP contribution in [0, 0.1) is 5.92 Å². The van der Waals surface area contributed by atoms with Crippen molar-refractivity contribution in [3.63, 3.8) is 0 Å². The van der Waals surface area contributed by atoms with Crippen molar-refractivity contribution in [3.8, 4) is 5.88 Å². The van der Waals surface area contributed by atoms with Crippen LogP contribution in [0.25, 0.3) is 0 Å². The highest BCUT2D eigenvalue weighted by Crippen LogP contribution is 2.67. The number of amides is 1. The Morgan fingerprint density at radius 1 is 1.45 bits per heavy atom. The van der Waals surface area contributed by atoms with Crippen LogP contribution in [0.3, 0.4) is 0 Å². The Bertz CT molecular complexity index is 871. The molecule has 0 unspecified atom stereocenters. The Morgan fingerprint density at radius 2 is 2.19 bits per heavy atom. The van der Waals surface area contributed by atoms with Crippen LogP contribution in [-0.4, -0.2) is 56.2 Å². The number of hydrogen-bond acceptors (Lipinski definition) is 7. The number of alkyl carbamates (subject to hydrolysis) is 1. The number of rotatable bonds is 8. The van der Waals surface area contributed by atoms with Gasteiger partial charge in [-0.2, -0.15) is 0 Å². The fourth-order valence-electron chi connectivity index (χ4n) is 3.67. The quantitative estimate of drug-likeness (QED) is 0.289. The lowest BCUT2D eigenvalue weighted by molar-refractivity contribution is 0.120. The van der Waals surface area contributed by atoms with Gasteiger partial charge in [-0.3, -0.25) is 5.32 Å². The Labute approximate surface area is 196 Å². The predicted molar refractivity (Wildman–Crippen MR) is 126 cm³/mol. The molecule has 1 amide bonds. The summed E-state index contributed by atoms with van der Waals surface area (Å²) in [5.41, 5.74) is -0.107. The van der Waals surface area contributed by atoms with E-state index in [1.807, 2.05) is 13.0 Å². The topological polar surface area (TPSA) is 82.0 Å². The first kappa shape index (κ1) is 24.5. The normalized spacial score (nSPS) is 27.2. The van der Waals surface area contributed by atoms with Crippen molar-refractivity contribution in [2.45, 2.75) is 49.3 Å². The van der Waals surface area contributed by atoms with E-state index in [0.717, 1.165) is 16.1 Å². The van der Waals surface area contributed by atoms with Crippen LogP contribution in [0.15, 0.2) is 21.7 Å². The second kappa shape index (κ2) is 9.36. The standard InChI is InChI=1S/C20H29BrFN3O4SSi/c1-19(14-8-13(21)10-23-16(14)27-2)15-9-20(15,11-22)30-18(25-19)29-17(26)24-12-28-6-7-31(3,4)5/h8,10,15H,6-7,9,11-12H2,1-5H3,(H,24,26)/t15-,19+,20+/m0/s1. The average Bonchev–Trinajstić information content (AvgIpc) is 3.43. The molecule has 1 fully saturated rings. The minimum absolute atomic E-state index is 0.0543. The number of fused-ring (bicyclic) bond motifs is 1. The van der Waals surface area contributed by atoms with Crippen molar-refractivity contribution in [2.75, 3.05) is 27.1 Å². The second-order valence-electron chi connectivity index (χ2n) is 9.22. The molecule has 3 atom stereocenters. The SMILES string of the molecule is COc1ncc(Br)cc1[C@@]1(C)N=C(OC(=O)NCOCC[Si](C)(C)C)S[C@@]2(CF)C[C@H]21. The van der Waals surface area contributed by atoms with E-state index in [4.69, 9.17) is 19.2 Å². The smallest absolute Gasteiger partial charge is 0.416 e. The summed E-state index contributed by atoms with van der Waals surface area (Å²) >= 11 is 4.62. The van der Waals surface area contributed by atoms with Crippen LogP contribution in [0.4, 0.5) is 9.18 Å². The number of alkyl halides is 1. The van der Waals surface area contributed by atoms with Gasteiger partial charge in [0.2, 0.25) is 5.88 Å². The number of aliphatic imine (C=N–C) groups is 1. The number of thioether (sulfide) groups is 1. The van der Waals surface area contributed by atoms with Crippen molar-refractivity contribution in [1.82, 2.24) is 10.3 Å². The summed E-state index contributed by atoms with van der Waals surface area (Å²) in [6.45, 7) is 8.79. The molecule has 1 saturated carbocycles. The molecule has 2 heterocycles. The maximum absolute atomic E-state index is 14.0. The molecule has 1 aromatic rings. The van der Waals surface area contributed by atoms with E-state index in [2.05, 4.69) is 45.9 Å². The summed E-state index contributed by atoms with van der Waals surface area (Å²) in [5.74, 6) is 0.362. The molecule has 0 bridgehead atoms. The van der Waals surface area contributed by atoms with E-state index in [0.29, 0.717) is 18.9 Å². The molecule has 1 N–H and O–H groups in total. The number of ether oxygens (including phenoxy) is 3. The van der Waals surface area contributed by atoms with Gasteiger partial charge in [0.25, 0.3) is 5.23 Å². The van der Waals surface area contributed by atoms with Crippen molar-refractivity contribution in [3.05, 3.63) is 22.3 Å². The predicted octanol–water partition coefficient (Wildman–Crippen LogP) is 4.94. The fraction of sp³-hybridized carbons (Fsp3) is 0.650. The van der Waals surface area contributed by atoms with E-state index in [-0.39, 0.29) is 17.9 Å². The fourth-order valence-corrected chi connectivity index (χ4v) is 6.13. The first-order chi connectivity index (χ1) is 14.5. The summed E-state index contributed by atoms with van der Waals surface area (Å²) < 4.78 is 30.5. The van der Waals surface area contributed by atoms with E-state index in [1.165, 1.54) is 18.9 Å². The first-order valence-corrected chi connectivity index (χ1v) is 15.4. The molecular weight excluding hydrogens is 505 g/mol. The van der Waals surface area contributed by atoms with Crippen molar-refractivity contribution in [2.24, 2.45) is 10.9 Å². The second-order valence-corrected chi connectivity index (χ2v) is 17.1. The number of aromatic nitrogens is 1. The van der Waals surface area contributed by atoms with Gasteiger partial charge in [-0.15, -0.1) is 0 Å². The lowest BCUT2D eigenvalue weighted by Gasteiger charge is -2.33. The molecule has 3 rings (SSSR count). The molecule has 1 aliphatic heterocycles. The van der Waals surface area contributed by atoms with Gasteiger partial charge in [0.15, 0.2) is 0 Å². The van der Waals surface area contributed by atoms with Crippen LogP contribution in [0.5, 0.6) is 5.88 Å². The van der Waals surface area contributed by atoms with Gasteiger partial charge in [-0.05, 0) is 41.4 Å². The third kappa shape index (κ3) is 5.61. The zero-order chi connectivity index (χ0) is 22.9. The van der Waals surface area contributed by atoms with Crippen LogP contribution < -0.4 is 10.1 Å². The molecule has 7 nitrogen and oxygen atoms in total. The molecule has 0 saturated heterocycles. The third-order valence-electron chi connectivity index (χ3n) is 5.59. The van der Waals surface area contributed by atoms with Gasteiger partial charge in [0.1, 0.15) is 13.4 Å². The van der Waals surface area contributed by atoms with Crippen LogP contribution in [-0.2, 0) is 15.0 Å². The summed E-state index contributed by atoms with van der Waals surface area (Å²) in [5, 5.41) is 2.71. The Kier molecular flexibility index (Phi) is 7.39. The highest BCUT2D eigenvalue weighted by molar-refractivity contribution is 9.10. The molecular formula is C20H29BrFN3O4SSi. The highest BCUT2D eigenvalue weighted by Gasteiger charge is 2.67. The van der Waals surface area contributed by atoms with E-state index >= 15 is 0 Å². The summed E-state index contributed by atoms with van der Waals surface area (Å²) in [7, 11) is 0.343. The van der Waals surface area contributed by atoms with E-state index < -0.39 is 31.1 Å². The van der Waals surface area contributed by atoms with Crippen molar-refractivity contribution < 1.29 is 23.4 Å². The van der Waals surface area contributed by atoms with Crippen molar-refractivity contribution >= 4 is 47.1 Å². The largest absolute Gasteiger partial charge is 0.481 e. The van der Waals surface area contributed by atoms with Gasteiger partial charge >= 0.3 is 6.09 Å². The van der Waals surface area contributed by atoms with Crippen LogP contribution in [0.2, 0.25) is 25.7 Å². The van der Waals surface area contributed by atoms with Crippen molar-refractivity contribution in [1.29, 1.82) is 0 Å².